The van der Waals surface area contributed by atoms with Crippen LogP contribution < -0.4 is 5.32 Å². The summed E-state index contributed by atoms with van der Waals surface area (Å²) in [5, 5.41) is 12.2. The van der Waals surface area contributed by atoms with Gasteiger partial charge in [-0.3, -0.25) is 4.79 Å². The molecule has 2 aromatic heterocycles. The molecule has 0 bridgehead atoms. The van der Waals surface area contributed by atoms with Crippen LogP contribution in [0.2, 0.25) is 5.02 Å². The maximum Gasteiger partial charge on any atom is 0.278 e. The summed E-state index contributed by atoms with van der Waals surface area (Å²) >= 11 is 7.28. The van der Waals surface area contributed by atoms with Crippen molar-refractivity contribution in [2.75, 3.05) is 5.32 Å². The number of hydrogen-bond donors (Lipinski definition) is 1. The van der Waals surface area contributed by atoms with E-state index in [1.165, 1.54) is 28.6 Å². The van der Waals surface area contributed by atoms with Crippen LogP contribution in [0.1, 0.15) is 27.6 Å². The first-order valence-corrected chi connectivity index (χ1v) is 11.0. The quantitative estimate of drug-likeness (QED) is 0.316. The molecule has 0 aliphatic carbocycles. The highest BCUT2D eigenvalue weighted by molar-refractivity contribution is 7.98. The van der Waals surface area contributed by atoms with Crippen molar-refractivity contribution < 1.29 is 9.18 Å². The minimum absolute atomic E-state index is 0.154. The fourth-order valence-corrected chi connectivity index (χ4v) is 4.08. The van der Waals surface area contributed by atoms with Crippen LogP contribution in [0.3, 0.4) is 0 Å². The van der Waals surface area contributed by atoms with E-state index in [1.807, 2.05) is 19.9 Å². The summed E-state index contributed by atoms with van der Waals surface area (Å²) in [6.07, 6.45) is 0. The Labute approximate surface area is 193 Å². The summed E-state index contributed by atoms with van der Waals surface area (Å²) in [6.45, 7) is 3.79. The normalized spacial score (nSPS) is 10.9. The molecule has 0 spiro atoms. The molecule has 32 heavy (non-hydrogen) atoms. The maximum absolute atomic E-state index is 13.4. The second kappa shape index (κ2) is 9.46. The Balaban J connectivity index is 1.66. The number of hydrogen-bond acceptors (Lipinski definition) is 6. The Bertz CT molecular complexity index is 1240. The first kappa shape index (κ1) is 21.9. The number of halogens is 2. The molecule has 0 radical (unpaired) electrons. The first-order chi connectivity index (χ1) is 15.4. The van der Waals surface area contributed by atoms with Crippen molar-refractivity contribution >= 4 is 35.0 Å². The minimum Gasteiger partial charge on any atom is -0.321 e. The molecule has 1 amide bonds. The Morgan fingerprint density at radius 2 is 1.72 bits per heavy atom. The number of amides is 1. The zero-order valence-electron chi connectivity index (χ0n) is 17.2. The van der Waals surface area contributed by atoms with Crippen LogP contribution >= 0.6 is 23.4 Å². The average molecular weight is 469 g/mol. The Morgan fingerprint density at radius 3 is 2.38 bits per heavy atom. The third-order valence-electron chi connectivity index (χ3n) is 4.45. The van der Waals surface area contributed by atoms with Gasteiger partial charge in [0.15, 0.2) is 10.9 Å². The molecule has 2 heterocycles. The van der Waals surface area contributed by atoms with E-state index < -0.39 is 5.91 Å². The van der Waals surface area contributed by atoms with E-state index in [2.05, 4.69) is 25.6 Å². The Hall–Kier alpha value is -3.30. The summed E-state index contributed by atoms with van der Waals surface area (Å²) in [4.78, 5) is 21.9. The van der Waals surface area contributed by atoms with Gasteiger partial charge >= 0.3 is 0 Å². The lowest BCUT2D eigenvalue weighted by molar-refractivity contribution is 0.102. The topological polar surface area (TPSA) is 85.6 Å². The number of aromatic nitrogens is 5. The van der Waals surface area contributed by atoms with Crippen molar-refractivity contribution in [2.24, 2.45) is 0 Å². The molecule has 4 rings (SSSR count). The van der Waals surface area contributed by atoms with Gasteiger partial charge in [0.05, 0.1) is 11.4 Å². The minimum atomic E-state index is -0.419. The number of nitrogens with zero attached hydrogens (tertiary/aromatic N) is 5. The van der Waals surface area contributed by atoms with Gasteiger partial charge in [0.1, 0.15) is 5.82 Å². The monoisotopic (exact) mass is 468 g/mol. The van der Waals surface area contributed by atoms with Gasteiger partial charge in [0.25, 0.3) is 5.91 Å². The third kappa shape index (κ3) is 5.12. The molecule has 1 N–H and O–H groups in total. The highest BCUT2D eigenvalue weighted by Gasteiger charge is 2.22. The van der Waals surface area contributed by atoms with Crippen LogP contribution in [0.15, 0.2) is 59.8 Å². The molecular formula is C22H18ClFN6OS. The number of nitrogens with one attached hydrogen (secondary N) is 1. The van der Waals surface area contributed by atoms with E-state index in [1.54, 1.807) is 36.4 Å². The lowest BCUT2D eigenvalue weighted by Gasteiger charge is -2.09. The van der Waals surface area contributed by atoms with Crippen LogP contribution in [-0.2, 0) is 5.75 Å². The van der Waals surface area contributed by atoms with Crippen LogP contribution in [0.4, 0.5) is 10.1 Å². The number of aryl methyl sites for hydroxylation is 2. The summed E-state index contributed by atoms with van der Waals surface area (Å²) in [5.41, 5.74) is 3.56. The molecule has 162 valence electrons. The lowest BCUT2D eigenvalue weighted by Crippen LogP contribution is -2.15. The van der Waals surface area contributed by atoms with Gasteiger partial charge in [-0.2, -0.15) is 0 Å². The van der Waals surface area contributed by atoms with Crippen LogP contribution in [0, 0.1) is 19.7 Å². The van der Waals surface area contributed by atoms with Gasteiger partial charge in [0.2, 0.25) is 0 Å². The standard InChI is InChI=1S/C22H18ClFN6OS/c1-13-11-14(2)26-22(25-13)32-12-19-20(21(31)27-17-7-3-15(23)4-8-17)28-29-30(19)18-9-5-16(24)6-10-18/h3-11H,12H2,1-2H3,(H,27,31). The maximum atomic E-state index is 13.4. The van der Waals surface area contributed by atoms with Crippen LogP contribution in [-0.4, -0.2) is 30.9 Å². The third-order valence-corrected chi connectivity index (χ3v) is 5.56. The molecule has 0 fully saturated rings. The van der Waals surface area contributed by atoms with Crippen molar-refractivity contribution in [3.8, 4) is 5.69 Å². The fraction of sp³-hybridized carbons (Fsp3) is 0.136. The van der Waals surface area contributed by atoms with Crippen LogP contribution in [0.25, 0.3) is 5.69 Å². The molecule has 0 unspecified atom stereocenters. The fourth-order valence-electron chi connectivity index (χ4n) is 3.01. The Morgan fingerprint density at radius 1 is 1.06 bits per heavy atom. The molecule has 4 aromatic rings. The largest absolute Gasteiger partial charge is 0.321 e. The molecule has 0 aliphatic rings. The molecular weight excluding hydrogens is 451 g/mol. The number of rotatable bonds is 6. The molecule has 0 aliphatic heterocycles. The highest BCUT2D eigenvalue weighted by Crippen LogP contribution is 2.24. The number of thioether (sulfide) groups is 1. The molecule has 2 aromatic carbocycles. The zero-order chi connectivity index (χ0) is 22.7. The summed E-state index contributed by atoms with van der Waals surface area (Å²) in [7, 11) is 0. The van der Waals surface area contributed by atoms with Gasteiger partial charge in [0, 0.05) is 27.9 Å². The molecule has 0 atom stereocenters. The first-order valence-electron chi connectivity index (χ1n) is 9.61. The highest BCUT2D eigenvalue weighted by atomic mass is 35.5. The van der Waals surface area contributed by atoms with E-state index in [-0.39, 0.29) is 11.5 Å². The molecule has 7 nitrogen and oxygen atoms in total. The van der Waals surface area contributed by atoms with E-state index >= 15 is 0 Å². The van der Waals surface area contributed by atoms with Crippen molar-refractivity contribution in [3.05, 3.63) is 88.2 Å². The SMILES string of the molecule is Cc1cc(C)nc(SCc2c(C(=O)Nc3ccc(Cl)cc3)nnn2-c2ccc(F)cc2)n1. The number of carbonyl (C=O) groups excluding carboxylic acids is 1. The van der Waals surface area contributed by atoms with Gasteiger partial charge in [-0.15, -0.1) is 5.10 Å². The summed E-state index contributed by atoms with van der Waals surface area (Å²) in [6, 6.07) is 14.5. The molecule has 0 saturated carbocycles. The van der Waals surface area contributed by atoms with Gasteiger partial charge in [-0.25, -0.2) is 19.0 Å². The molecule has 0 saturated heterocycles. The summed E-state index contributed by atoms with van der Waals surface area (Å²) < 4.78 is 14.9. The van der Waals surface area contributed by atoms with Crippen molar-refractivity contribution in [2.45, 2.75) is 24.8 Å². The predicted molar refractivity (Wildman–Crippen MR) is 122 cm³/mol. The average Bonchev–Trinajstić information content (AvgIpc) is 3.18. The van der Waals surface area contributed by atoms with Crippen molar-refractivity contribution in [3.63, 3.8) is 0 Å². The van der Waals surface area contributed by atoms with E-state index in [4.69, 9.17) is 11.6 Å². The number of benzene rings is 2. The predicted octanol–water partition coefficient (Wildman–Crippen LogP) is 5.01. The number of anilines is 1. The van der Waals surface area contributed by atoms with E-state index in [0.29, 0.717) is 33.0 Å². The van der Waals surface area contributed by atoms with Gasteiger partial charge in [-0.05, 0) is 68.4 Å². The molecule has 10 heteroatoms. The van der Waals surface area contributed by atoms with Gasteiger partial charge < -0.3 is 5.32 Å². The van der Waals surface area contributed by atoms with E-state index in [9.17, 15) is 9.18 Å². The van der Waals surface area contributed by atoms with Crippen LogP contribution in [0.5, 0.6) is 0 Å². The number of carbonyl (C=O) groups is 1. The van der Waals surface area contributed by atoms with E-state index in [0.717, 1.165) is 11.4 Å². The Kier molecular flexibility index (Phi) is 6.48. The lowest BCUT2D eigenvalue weighted by atomic mass is 10.2. The summed E-state index contributed by atoms with van der Waals surface area (Å²) in [5.74, 6) is -0.455. The second-order valence-corrected chi connectivity index (χ2v) is 8.33. The van der Waals surface area contributed by atoms with Crippen molar-refractivity contribution in [1.29, 1.82) is 0 Å². The van der Waals surface area contributed by atoms with Gasteiger partial charge in [-0.1, -0.05) is 28.6 Å². The second-order valence-electron chi connectivity index (χ2n) is 6.96. The zero-order valence-corrected chi connectivity index (χ0v) is 18.8. The van der Waals surface area contributed by atoms with Crippen molar-refractivity contribution in [1.82, 2.24) is 25.0 Å². The smallest absolute Gasteiger partial charge is 0.278 e.